The van der Waals surface area contributed by atoms with Gasteiger partial charge >= 0.3 is 6.09 Å². The molecule has 24 heavy (non-hydrogen) atoms. The number of hydrogen-bond acceptors (Lipinski definition) is 3. The highest BCUT2D eigenvalue weighted by atomic mass is 16.6. The van der Waals surface area contributed by atoms with Gasteiger partial charge in [0.2, 0.25) is 5.91 Å². The van der Waals surface area contributed by atoms with Crippen molar-refractivity contribution in [2.24, 2.45) is 5.41 Å². The summed E-state index contributed by atoms with van der Waals surface area (Å²) in [6.45, 7) is 17.8. The van der Waals surface area contributed by atoms with Gasteiger partial charge in [0.05, 0.1) is 0 Å². The number of allylic oxidation sites excluding steroid dienone is 1. The largest absolute Gasteiger partial charge is 0.444 e. The Labute approximate surface area is 147 Å². The predicted octanol–water partition coefficient (Wildman–Crippen LogP) is 4.18. The minimum atomic E-state index is -0.501. The summed E-state index contributed by atoms with van der Waals surface area (Å²) in [5.74, 6) is -0.0333. The van der Waals surface area contributed by atoms with E-state index in [0.29, 0.717) is 6.54 Å². The molecule has 0 saturated heterocycles. The van der Waals surface area contributed by atoms with Gasteiger partial charge in [0.15, 0.2) is 0 Å². The first-order chi connectivity index (χ1) is 10.8. The summed E-state index contributed by atoms with van der Waals surface area (Å²) in [5, 5.41) is 5.94. The smallest absolute Gasteiger partial charge is 0.407 e. The van der Waals surface area contributed by atoms with Crippen molar-refractivity contribution in [3.05, 3.63) is 12.7 Å². The summed E-state index contributed by atoms with van der Waals surface area (Å²) in [4.78, 5) is 23.5. The van der Waals surface area contributed by atoms with Crippen molar-refractivity contribution >= 4 is 12.0 Å². The van der Waals surface area contributed by atoms with Gasteiger partial charge in [-0.15, -0.1) is 6.58 Å². The van der Waals surface area contributed by atoms with Crippen molar-refractivity contribution in [2.75, 3.05) is 6.54 Å². The molecule has 5 heteroatoms. The Balaban J connectivity index is 4.79. The first kappa shape index (κ1) is 22.5. The van der Waals surface area contributed by atoms with E-state index in [-0.39, 0.29) is 16.9 Å². The van der Waals surface area contributed by atoms with Crippen LogP contribution in [0.4, 0.5) is 4.79 Å². The van der Waals surface area contributed by atoms with E-state index in [1.807, 2.05) is 26.8 Å². The summed E-state index contributed by atoms with van der Waals surface area (Å²) >= 11 is 0. The first-order valence-electron chi connectivity index (χ1n) is 8.69. The van der Waals surface area contributed by atoms with E-state index < -0.39 is 11.7 Å². The molecule has 0 radical (unpaired) electrons. The highest BCUT2D eigenvalue weighted by Crippen LogP contribution is 2.38. The topological polar surface area (TPSA) is 67.4 Å². The number of hydrogen-bond donors (Lipinski definition) is 2. The lowest BCUT2D eigenvalue weighted by atomic mass is 9.68. The van der Waals surface area contributed by atoms with Gasteiger partial charge < -0.3 is 15.4 Å². The molecule has 0 aromatic rings. The number of carbonyl (C=O) groups excluding carboxylic acids is 2. The van der Waals surface area contributed by atoms with Crippen LogP contribution in [0.25, 0.3) is 0 Å². The molecule has 0 rings (SSSR count). The van der Waals surface area contributed by atoms with Gasteiger partial charge in [-0.05, 0) is 51.9 Å². The summed E-state index contributed by atoms with van der Waals surface area (Å²) in [6.07, 6.45) is 4.66. The zero-order valence-corrected chi connectivity index (χ0v) is 16.5. The lowest BCUT2D eigenvalue weighted by Crippen LogP contribution is -2.56. The maximum Gasteiger partial charge on any atom is 0.407 e. The minimum absolute atomic E-state index is 0.0333. The zero-order chi connectivity index (χ0) is 19.0. The summed E-state index contributed by atoms with van der Waals surface area (Å²) < 4.78 is 5.23. The molecule has 0 aliphatic carbocycles. The zero-order valence-electron chi connectivity index (χ0n) is 16.5. The second kappa shape index (κ2) is 9.09. The Morgan fingerprint density at radius 3 is 2.08 bits per heavy atom. The Kier molecular flexibility index (Phi) is 8.52. The van der Waals surface area contributed by atoms with Crippen LogP contribution in [-0.4, -0.2) is 29.7 Å². The highest BCUT2D eigenvalue weighted by molar-refractivity contribution is 5.74. The lowest BCUT2D eigenvalue weighted by molar-refractivity contribution is -0.122. The van der Waals surface area contributed by atoms with Crippen molar-refractivity contribution in [3.63, 3.8) is 0 Å². The highest BCUT2D eigenvalue weighted by Gasteiger charge is 2.41. The molecule has 0 aliphatic rings. The average molecular weight is 341 g/mol. The lowest BCUT2D eigenvalue weighted by Gasteiger charge is -2.46. The molecule has 140 valence electrons. The molecule has 0 spiro atoms. The van der Waals surface area contributed by atoms with E-state index in [2.05, 4.69) is 38.0 Å². The number of carbonyl (C=O) groups is 2. The molecule has 2 amide bonds. The van der Waals surface area contributed by atoms with Crippen molar-refractivity contribution in [1.29, 1.82) is 0 Å². The van der Waals surface area contributed by atoms with E-state index in [0.717, 1.165) is 25.7 Å². The molecule has 0 saturated carbocycles. The van der Waals surface area contributed by atoms with E-state index >= 15 is 0 Å². The van der Waals surface area contributed by atoms with Crippen molar-refractivity contribution < 1.29 is 14.3 Å². The average Bonchev–Trinajstić information content (AvgIpc) is 2.36. The molecule has 2 N–H and O–H groups in total. The van der Waals surface area contributed by atoms with Crippen LogP contribution >= 0.6 is 0 Å². The van der Waals surface area contributed by atoms with Crippen molar-refractivity contribution in [2.45, 2.75) is 85.3 Å². The summed E-state index contributed by atoms with van der Waals surface area (Å²) in [7, 11) is 0. The molecule has 0 aromatic carbocycles. The monoisotopic (exact) mass is 340 g/mol. The Morgan fingerprint density at radius 1 is 1.08 bits per heavy atom. The fourth-order valence-corrected chi connectivity index (χ4v) is 2.77. The quantitative estimate of drug-likeness (QED) is 0.514. The molecule has 5 nitrogen and oxygen atoms in total. The second-order valence-corrected chi connectivity index (χ2v) is 8.37. The third-order valence-electron chi connectivity index (χ3n) is 4.07. The SMILES string of the molecule is C=CCCC(CCCNC(=O)OC(C)(C)C)(NC(C)=O)C(C)(C)C. The normalized spacial score (nSPS) is 14.5. The molecule has 0 aliphatic heterocycles. The van der Waals surface area contributed by atoms with Crippen LogP contribution in [0.1, 0.15) is 74.1 Å². The van der Waals surface area contributed by atoms with E-state index in [9.17, 15) is 9.59 Å². The minimum Gasteiger partial charge on any atom is -0.444 e. The molecular weight excluding hydrogens is 304 g/mol. The van der Waals surface area contributed by atoms with Crippen molar-refractivity contribution in [3.8, 4) is 0 Å². The third-order valence-corrected chi connectivity index (χ3v) is 4.07. The Bertz CT molecular complexity index is 433. The number of ether oxygens (including phenoxy) is 1. The van der Waals surface area contributed by atoms with Gasteiger partial charge in [0, 0.05) is 19.0 Å². The molecule has 0 fully saturated rings. The van der Waals surface area contributed by atoms with E-state index in [1.54, 1.807) is 6.92 Å². The second-order valence-electron chi connectivity index (χ2n) is 8.37. The fourth-order valence-electron chi connectivity index (χ4n) is 2.77. The molecule has 0 aromatic heterocycles. The van der Waals surface area contributed by atoms with Gasteiger partial charge in [-0.3, -0.25) is 4.79 Å². The van der Waals surface area contributed by atoms with Crippen LogP contribution < -0.4 is 10.6 Å². The van der Waals surface area contributed by atoms with E-state index in [1.165, 1.54) is 0 Å². The van der Waals surface area contributed by atoms with Crippen LogP contribution in [0.2, 0.25) is 0 Å². The molecular formula is C19H36N2O3. The maximum atomic E-state index is 11.7. The Hall–Kier alpha value is -1.52. The summed E-state index contributed by atoms with van der Waals surface area (Å²) in [6, 6.07) is 0. The first-order valence-corrected chi connectivity index (χ1v) is 8.69. The molecule has 0 bridgehead atoms. The van der Waals surface area contributed by atoms with Crippen LogP contribution in [-0.2, 0) is 9.53 Å². The summed E-state index contributed by atoms with van der Waals surface area (Å²) in [5.41, 5.74) is -0.935. The molecule has 1 unspecified atom stereocenters. The van der Waals surface area contributed by atoms with E-state index in [4.69, 9.17) is 4.74 Å². The van der Waals surface area contributed by atoms with Gasteiger partial charge in [-0.1, -0.05) is 26.8 Å². The van der Waals surface area contributed by atoms with Crippen LogP contribution in [0, 0.1) is 5.41 Å². The van der Waals surface area contributed by atoms with Gasteiger partial charge in [-0.2, -0.15) is 0 Å². The van der Waals surface area contributed by atoms with Gasteiger partial charge in [0.1, 0.15) is 5.60 Å². The third kappa shape index (κ3) is 8.37. The predicted molar refractivity (Wildman–Crippen MR) is 98.9 cm³/mol. The number of amides is 2. The number of nitrogens with one attached hydrogen (secondary N) is 2. The van der Waals surface area contributed by atoms with Gasteiger partial charge in [-0.25, -0.2) is 4.79 Å². The van der Waals surface area contributed by atoms with Crippen LogP contribution in [0.15, 0.2) is 12.7 Å². The standard InChI is InChI=1S/C19H36N2O3/c1-9-10-12-19(17(3,4)5,21-15(2)22)13-11-14-20-16(23)24-18(6,7)8/h9H,1,10-14H2,2-8H3,(H,20,23)(H,21,22). The van der Waals surface area contributed by atoms with Crippen LogP contribution in [0.3, 0.4) is 0 Å². The fraction of sp³-hybridized carbons (Fsp3) is 0.789. The maximum absolute atomic E-state index is 11.7. The van der Waals surface area contributed by atoms with Crippen LogP contribution in [0.5, 0.6) is 0 Å². The Morgan fingerprint density at radius 2 is 1.67 bits per heavy atom. The number of alkyl carbamates (subject to hydrolysis) is 1. The van der Waals surface area contributed by atoms with Gasteiger partial charge in [0.25, 0.3) is 0 Å². The number of rotatable bonds is 8. The molecule has 1 atom stereocenters. The van der Waals surface area contributed by atoms with Crippen molar-refractivity contribution in [1.82, 2.24) is 10.6 Å². The molecule has 0 heterocycles.